The van der Waals surface area contributed by atoms with Gasteiger partial charge in [0.05, 0.1) is 39.1 Å². The Labute approximate surface area is 279 Å². The van der Waals surface area contributed by atoms with Crippen LogP contribution in [0.1, 0.15) is 55.9 Å². The molecule has 0 unspecified atom stereocenters. The summed E-state index contributed by atoms with van der Waals surface area (Å²) in [5.41, 5.74) is 4.31. The highest BCUT2D eigenvalue weighted by atomic mass is 16.7. The van der Waals surface area contributed by atoms with Crippen molar-refractivity contribution in [2.24, 2.45) is 5.41 Å². The zero-order valence-corrected chi connectivity index (χ0v) is 27.8. The first-order valence-corrected chi connectivity index (χ1v) is 16.9. The van der Waals surface area contributed by atoms with Crippen LogP contribution in [0.2, 0.25) is 0 Å². The van der Waals surface area contributed by atoms with E-state index in [9.17, 15) is 0 Å². The summed E-state index contributed by atoms with van der Waals surface area (Å²) in [4.78, 5) is 0. The van der Waals surface area contributed by atoms with Crippen molar-refractivity contribution < 1.29 is 28.4 Å². The van der Waals surface area contributed by atoms with Crippen molar-refractivity contribution in [2.45, 2.75) is 96.3 Å². The van der Waals surface area contributed by atoms with Crippen LogP contribution in [0.15, 0.2) is 121 Å². The van der Waals surface area contributed by atoms with Gasteiger partial charge in [-0.1, -0.05) is 135 Å². The number of rotatable bonds is 13. The van der Waals surface area contributed by atoms with Crippen LogP contribution in [0, 0.1) is 5.41 Å². The van der Waals surface area contributed by atoms with Crippen LogP contribution in [0.25, 0.3) is 0 Å². The lowest BCUT2D eigenvalue weighted by Gasteiger charge is -2.57. The fraction of sp³-hybridized carbons (Fsp3) is 0.415. The highest BCUT2D eigenvalue weighted by Crippen LogP contribution is 2.48. The van der Waals surface area contributed by atoms with E-state index in [0.29, 0.717) is 39.5 Å². The van der Waals surface area contributed by atoms with Gasteiger partial charge in [-0.05, 0) is 41.0 Å². The van der Waals surface area contributed by atoms with E-state index in [1.807, 2.05) is 72.8 Å². The first-order valence-electron chi connectivity index (χ1n) is 16.9. The number of benzene rings is 4. The second-order valence-electron chi connectivity index (χ2n) is 13.5. The van der Waals surface area contributed by atoms with Crippen LogP contribution < -0.4 is 0 Å². The molecule has 0 saturated carbocycles. The summed E-state index contributed by atoms with van der Waals surface area (Å²) in [5, 5.41) is 0. The van der Waals surface area contributed by atoms with Crippen LogP contribution >= 0.6 is 0 Å². The molecule has 2 saturated heterocycles. The molecule has 0 aromatic heterocycles. The first-order chi connectivity index (χ1) is 22.9. The monoisotopic (exact) mass is 636 g/mol. The van der Waals surface area contributed by atoms with Crippen molar-refractivity contribution in [3.8, 4) is 0 Å². The minimum atomic E-state index is -1.04. The van der Waals surface area contributed by atoms with Gasteiger partial charge in [0.15, 0.2) is 5.79 Å². The lowest BCUT2D eigenvalue weighted by molar-refractivity contribution is -0.410. The number of hydrogen-bond donors (Lipinski definition) is 0. The Kier molecular flexibility index (Phi) is 11.2. The van der Waals surface area contributed by atoms with E-state index in [0.717, 1.165) is 28.7 Å². The topological polar surface area (TPSA) is 55.4 Å². The molecule has 2 heterocycles. The second-order valence-corrected chi connectivity index (χ2v) is 13.5. The fourth-order valence-corrected chi connectivity index (χ4v) is 6.43. The van der Waals surface area contributed by atoms with Gasteiger partial charge in [0, 0.05) is 6.42 Å². The first kappa shape index (κ1) is 33.5. The summed E-state index contributed by atoms with van der Waals surface area (Å²) in [6.07, 6.45) is -0.510. The molecule has 6 heteroatoms. The normalized spacial score (nSPS) is 27.1. The fourth-order valence-electron chi connectivity index (χ4n) is 6.43. The zero-order valence-electron chi connectivity index (χ0n) is 27.8. The molecule has 2 aliphatic rings. The maximum absolute atomic E-state index is 7.12. The second kappa shape index (κ2) is 15.7. The molecule has 0 N–H and O–H groups in total. The molecular weight excluding hydrogens is 588 g/mol. The molecule has 0 aliphatic carbocycles. The molecule has 4 aromatic rings. The summed E-state index contributed by atoms with van der Waals surface area (Å²) >= 11 is 0. The van der Waals surface area contributed by atoms with Crippen molar-refractivity contribution in [1.29, 1.82) is 0 Å². The van der Waals surface area contributed by atoms with E-state index in [1.165, 1.54) is 0 Å². The Balaban J connectivity index is 1.35. The maximum Gasteiger partial charge on any atom is 0.198 e. The van der Waals surface area contributed by atoms with Gasteiger partial charge in [0.1, 0.15) is 24.4 Å². The molecule has 0 bridgehead atoms. The van der Waals surface area contributed by atoms with E-state index < -0.39 is 30.2 Å². The molecule has 1 spiro atoms. The van der Waals surface area contributed by atoms with E-state index in [-0.39, 0.29) is 11.5 Å². The molecule has 4 aromatic carbocycles. The van der Waals surface area contributed by atoms with Crippen LogP contribution in [0.3, 0.4) is 0 Å². The Hall–Kier alpha value is -3.36. The van der Waals surface area contributed by atoms with Crippen molar-refractivity contribution in [3.63, 3.8) is 0 Å². The molecule has 47 heavy (non-hydrogen) atoms. The van der Waals surface area contributed by atoms with Gasteiger partial charge in [-0.3, -0.25) is 0 Å². The van der Waals surface area contributed by atoms with E-state index in [2.05, 4.69) is 69.3 Å². The minimum absolute atomic E-state index is 0.0149. The number of ether oxygens (including phenoxy) is 6. The average Bonchev–Trinajstić information content (AvgIpc) is 3.10. The highest BCUT2D eigenvalue weighted by molar-refractivity contribution is 5.17. The summed E-state index contributed by atoms with van der Waals surface area (Å²) in [6, 6.07) is 40.9. The molecule has 2 aliphatic heterocycles. The van der Waals surface area contributed by atoms with Gasteiger partial charge in [-0.25, -0.2) is 0 Å². The molecule has 0 amide bonds. The summed E-state index contributed by atoms with van der Waals surface area (Å²) in [5.74, 6) is -1.04. The lowest BCUT2D eigenvalue weighted by Crippen LogP contribution is -2.70. The third kappa shape index (κ3) is 8.57. The van der Waals surface area contributed by atoms with E-state index >= 15 is 0 Å². The Morgan fingerprint density at radius 1 is 0.553 bits per heavy atom. The highest BCUT2D eigenvalue weighted by Gasteiger charge is 2.60. The van der Waals surface area contributed by atoms with Crippen molar-refractivity contribution in [3.05, 3.63) is 144 Å². The van der Waals surface area contributed by atoms with E-state index in [4.69, 9.17) is 28.4 Å². The van der Waals surface area contributed by atoms with E-state index in [1.54, 1.807) is 0 Å². The van der Waals surface area contributed by atoms with Crippen molar-refractivity contribution in [1.82, 2.24) is 0 Å². The molecule has 0 radical (unpaired) electrons. The number of hydrogen-bond acceptors (Lipinski definition) is 6. The van der Waals surface area contributed by atoms with Crippen molar-refractivity contribution >= 4 is 0 Å². The quantitative estimate of drug-likeness (QED) is 0.147. The Bertz CT molecular complexity index is 1480. The smallest absolute Gasteiger partial charge is 0.198 e. The third-order valence-corrected chi connectivity index (χ3v) is 9.60. The largest absolute Gasteiger partial charge is 0.374 e. The van der Waals surface area contributed by atoms with Gasteiger partial charge >= 0.3 is 0 Å². The van der Waals surface area contributed by atoms with Crippen LogP contribution in [-0.2, 0) is 54.8 Å². The zero-order chi connectivity index (χ0) is 32.5. The molecule has 6 atom stereocenters. The van der Waals surface area contributed by atoms with Gasteiger partial charge in [-0.15, -0.1) is 0 Å². The average molecular weight is 637 g/mol. The third-order valence-electron chi connectivity index (χ3n) is 9.60. The summed E-state index contributed by atoms with van der Waals surface area (Å²) < 4.78 is 41.1. The standard InChI is InChI=1S/C41H48O6/c1-31-40(2,3)24-25-41(46-31)39(45-29-35-22-14-7-15-23-35)38(44-28-34-20-12-6-13-21-34)37(43-27-33-18-10-5-11-19-33)36(47-41)30-42-26-32-16-8-4-9-17-32/h4-23,31,36-39H,24-30H2,1-3H3/t31-,36-,37-,38+,39-,41+/m0/s1. The molecule has 2 fully saturated rings. The van der Waals surface area contributed by atoms with Crippen molar-refractivity contribution in [2.75, 3.05) is 6.61 Å². The SMILES string of the molecule is C[C@@H]1O[C@]2(CCC1(C)C)O[C@@H](COCc1ccccc1)[C@H](OCc1ccccc1)[C@@H](OCc1ccccc1)[C@@H]2OCc1ccccc1. The molecule has 6 rings (SSSR count). The molecule has 248 valence electrons. The Morgan fingerprint density at radius 2 is 1.00 bits per heavy atom. The predicted octanol–water partition coefficient (Wildman–Crippen LogP) is 8.28. The summed E-state index contributed by atoms with van der Waals surface area (Å²) in [7, 11) is 0. The summed E-state index contributed by atoms with van der Waals surface area (Å²) in [6.45, 7) is 8.61. The predicted molar refractivity (Wildman–Crippen MR) is 182 cm³/mol. The van der Waals surface area contributed by atoms with Gasteiger partial charge < -0.3 is 28.4 Å². The molecular formula is C41H48O6. The molecule has 6 nitrogen and oxygen atoms in total. The van der Waals surface area contributed by atoms with Crippen LogP contribution in [0.5, 0.6) is 0 Å². The van der Waals surface area contributed by atoms with Gasteiger partial charge in [0.25, 0.3) is 0 Å². The lowest BCUT2D eigenvalue weighted by atomic mass is 9.75. The van der Waals surface area contributed by atoms with Crippen LogP contribution in [0.4, 0.5) is 0 Å². The van der Waals surface area contributed by atoms with Gasteiger partial charge in [-0.2, -0.15) is 0 Å². The van der Waals surface area contributed by atoms with Crippen LogP contribution in [-0.4, -0.2) is 42.9 Å². The maximum atomic E-state index is 7.12. The minimum Gasteiger partial charge on any atom is -0.374 e. The Morgan fingerprint density at radius 3 is 1.49 bits per heavy atom. The van der Waals surface area contributed by atoms with Gasteiger partial charge in [0.2, 0.25) is 0 Å².